The molecule has 0 aromatic heterocycles. The van der Waals surface area contributed by atoms with E-state index < -0.39 is 0 Å². The number of nitrogens with zero attached hydrogens (tertiary/aromatic N) is 1. The Morgan fingerprint density at radius 1 is 1.15 bits per heavy atom. The predicted octanol–water partition coefficient (Wildman–Crippen LogP) is 4.59. The van der Waals surface area contributed by atoms with Gasteiger partial charge in [-0.3, -0.25) is 4.79 Å². The number of aryl methyl sites for hydroxylation is 1. The summed E-state index contributed by atoms with van der Waals surface area (Å²) < 4.78 is 0.916. The zero-order valence-electron chi connectivity index (χ0n) is 11.9. The molecule has 0 fully saturated rings. The van der Waals surface area contributed by atoms with Gasteiger partial charge < -0.3 is 4.90 Å². The van der Waals surface area contributed by atoms with Gasteiger partial charge >= 0.3 is 0 Å². The van der Waals surface area contributed by atoms with E-state index in [-0.39, 0.29) is 11.9 Å². The lowest BCUT2D eigenvalue weighted by atomic mass is 10.0. The average molecular weight is 332 g/mol. The molecular formula is C17H18BrNO. The van der Waals surface area contributed by atoms with Crippen molar-refractivity contribution in [3.63, 3.8) is 0 Å². The van der Waals surface area contributed by atoms with Crippen LogP contribution in [0.25, 0.3) is 0 Å². The SMILES string of the molecule is Cc1ccc(C(C)N(C)C(=O)c2cccc(Br)c2)cc1. The summed E-state index contributed by atoms with van der Waals surface area (Å²) in [7, 11) is 1.84. The molecule has 1 atom stereocenters. The topological polar surface area (TPSA) is 20.3 Å². The maximum atomic E-state index is 12.5. The highest BCUT2D eigenvalue weighted by Crippen LogP contribution is 2.22. The van der Waals surface area contributed by atoms with Gasteiger partial charge in [0.1, 0.15) is 0 Å². The molecule has 0 radical (unpaired) electrons. The van der Waals surface area contributed by atoms with Gasteiger partial charge in [-0.15, -0.1) is 0 Å². The van der Waals surface area contributed by atoms with Gasteiger partial charge in [0.05, 0.1) is 6.04 Å². The molecule has 0 N–H and O–H groups in total. The van der Waals surface area contributed by atoms with Gasteiger partial charge in [0, 0.05) is 17.1 Å². The van der Waals surface area contributed by atoms with Gasteiger partial charge in [-0.05, 0) is 37.6 Å². The molecule has 3 heteroatoms. The van der Waals surface area contributed by atoms with E-state index in [2.05, 4.69) is 47.1 Å². The molecule has 0 heterocycles. The largest absolute Gasteiger partial charge is 0.335 e. The Balaban J connectivity index is 2.20. The van der Waals surface area contributed by atoms with Crippen LogP contribution in [0.1, 0.15) is 34.5 Å². The van der Waals surface area contributed by atoms with Crippen LogP contribution in [0.3, 0.4) is 0 Å². The summed E-state index contributed by atoms with van der Waals surface area (Å²) in [5.74, 6) is 0.0272. The van der Waals surface area contributed by atoms with E-state index in [1.165, 1.54) is 5.56 Å². The number of halogens is 1. The second-order valence-corrected chi connectivity index (χ2v) is 5.93. The molecule has 2 aromatic rings. The molecule has 1 unspecified atom stereocenters. The fourth-order valence-corrected chi connectivity index (χ4v) is 2.47. The molecular weight excluding hydrogens is 314 g/mol. The number of carbonyl (C=O) groups is 1. The summed E-state index contributed by atoms with van der Waals surface area (Å²) in [5.41, 5.74) is 3.06. The molecule has 2 nitrogen and oxygen atoms in total. The van der Waals surface area contributed by atoms with Crippen LogP contribution in [0.2, 0.25) is 0 Å². The van der Waals surface area contributed by atoms with Gasteiger partial charge in [-0.1, -0.05) is 51.8 Å². The molecule has 0 saturated carbocycles. The normalized spacial score (nSPS) is 12.0. The number of hydrogen-bond donors (Lipinski definition) is 0. The van der Waals surface area contributed by atoms with E-state index in [0.717, 1.165) is 10.0 Å². The molecule has 2 rings (SSSR count). The molecule has 0 aliphatic rings. The Bertz CT molecular complexity index is 607. The Kier molecular flexibility index (Phi) is 4.61. The maximum absolute atomic E-state index is 12.5. The fourth-order valence-electron chi connectivity index (χ4n) is 2.07. The maximum Gasteiger partial charge on any atom is 0.254 e. The van der Waals surface area contributed by atoms with E-state index >= 15 is 0 Å². The van der Waals surface area contributed by atoms with Crippen LogP contribution in [0.5, 0.6) is 0 Å². The third-order valence-electron chi connectivity index (χ3n) is 3.53. The van der Waals surface area contributed by atoms with E-state index in [0.29, 0.717) is 5.56 Å². The van der Waals surface area contributed by atoms with Gasteiger partial charge in [0.2, 0.25) is 0 Å². The summed E-state index contributed by atoms with van der Waals surface area (Å²) in [6.45, 7) is 4.10. The average Bonchev–Trinajstić information content (AvgIpc) is 2.46. The zero-order valence-corrected chi connectivity index (χ0v) is 13.5. The first-order valence-electron chi connectivity index (χ1n) is 6.58. The number of hydrogen-bond acceptors (Lipinski definition) is 1. The van der Waals surface area contributed by atoms with Gasteiger partial charge in [0.15, 0.2) is 0 Å². The Morgan fingerprint density at radius 2 is 1.80 bits per heavy atom. The number of benzene rings is 2. The lowest BCUT2D eigenvalue weighted by Crippen LogP contribution is -2.29. The third-order valence-corrected chi connectivity index (χ3v) is 4.03. The van der Waals surface area contributed by atoms with Crippen LogP contribution < -0.4 is 0 Å². The molecule has 0 spiro atoms. The first-order chi connectivity index (χ1) is 9.49. The first kappa shape index (κ1) is 14.8. The summed E-state index contributed by atoms with van der Waals surface area (Å²) in [6.07, 6.45) is 0. The van der Waals surface area contributed by atoms with Gasteiger partial charge in [-0.25, -0.2) is 0 Å². The van der Waals surface area contributed by atoms with Crippen molar-refractivity contribution >= 4 is 21.8 Å². The van der Waals surface area contributed by atoms with Crippen LogP contribution >= 0.6 is 15.9 Å². The smallest absolute Gasteiger partial charge is 0.254 e. The quantitative estimate of drug-likeness (QED) is 0.805. The van der Waals surface area contributed by atoms with Crippen molar-refractivity contribution in [2.45, 2.75) is 19.9 Å². The van der Waals surface area contributed by atoms with Crippen molar-refractivity contribution in [1.82, 2.24) is 4.90 Å². The van der Waals surface area contributed by atoms with Crippen LogP contribution in [0.4, 0.5) is 0 Å². The van der Waals surface area contributed by atoms with Gasteiger partial charge in [-0.2, -0.15) is 0 Å². The molecule has 0 bridgehead atoms. The molecule has 20 heavy (non-hydrogen) atoms. The van der Waals surface area contributed by atoms with Crippen molar-refractivity contribution in [3.05, 3.63) is 69.7 Å². The summed E-state index contributed by atoms with van der Waals surface area (Å²) in [6, 6.07) is 15.8. The molecule has 0 aliphatic heterocycles. The predicted molar refractivity (Wildman–Crippen MR) is 85.8 cm³/mol. The van der Waals surface area contributed by atoms with Crippen molar-refractivity contribution in [3.8, 4) is 0 Å². The second kappa shape index (κ2) is 6.23. The van der Waals surface area contributed by atoms with E-state index in [9.17, 15) is 4.79 Å². The minimum Gasteiger partial charge on any atom is -0.335 e. The lowest BCUT2D eigenvalue weighted by Gasteiger charge is -2.25. The Hall–Kier alpha value is -1.61. The number of amides is 1. The summed E-state index contributed by atoms with van der Waals surface area (Å²) in [4.78, 5) is 14.3. The number of rotatable bonds is 3. The van der Waals surface area contributed by atoms with Crippen molar-refractivity contribution in [1.29, 1.82) is 0 Å². The van der Waals surface area contributed by atoms with E-state index in [1.54, 1.807) is 4.90 Å². The van der Waals surface area contributed by atoms with Crippen molar-refractivity contribution in [2.24, 2.45) is 0 Å². The van der Waals surface area contributed by atoms with Crippen LogP contribution in [-0.4, -0.2) is 17.9 Å². The monoisotopic (exact) mass is 331 g/mol. The molecule has 104 valence electrons. The highest BCUT2D eigenvalue weighted by molar-refractivity contribution is 9.10. The minimum atomic E-state index is 0.0272. The third kappa shape index (κ3) is 3.28. The fraction of sp³-hybridized carbons (Fsp3) is 0.235. The first-order valence-corrected chi connectivity index (χ1v) is 7.37. The van der Waals surface area contributed by atoms with E-state index in [1.807, 2.05) is 38.2 Å². The van der Waals surface area contributed by atoms with Crippen LogP contribution in [0, 0.1) is 6.92 Å². The van der Waals surface area contributed by atoms with Gasteiger partial charge in [0.25, 0.3) is 5.91 Å². The van der Waals surface area contributed by atoms with Crippen LogP contribution in [-0.2, 0) is 0 Å². The molecule has 0 saturated heterocycles. The Labute approximate surface area is 128 Å². The standard InChI is InChI=1S/C17H18BrNO/c1-12-7-9-14(10-8-12)13(2)19(3)17(20)15-5-4-6-16(18)11-15/h4-11,13H,1-3H3. The number of carbonyl (C=O) groups excluding carboxylic acids is 1. The van der Waals surface area contributed by atoms with Crippen molar-refractivity contribution < 1.29 is 4.79 Å². The molecule has 0 aliphatic carbocycles. The summed E-state index contributed by atoms with van der Waals surface area (Å²) >= 11 is 3.40. The lowest BCUT2D eigenvalue weighted by molar-refractivity contribution is 0.0742. The zero-order chi connectivity index (χ0) is 14.7. The molecule has 1 amide bonds. The highest BCUT2D eigenvalue weighted by atomic mass is 79.9. The van der Waals surface area contributed by atoms with Crippen molar-refractivity contribution in [2.75, 3.05) is 7.05 Å². The minimum absolute atomic E-state index is 0.0272. The molecule has 2 aromatic carbocycles. The van der Waals surface area contributed by atoms with Crippen LogP contribution in [0.15, 0.2) is 53.0 Å². The second-order valence-electron chi connectivity index (χ2n) is 5.01. The highest BCUT2D eigenvalue weighted by Gasteiger charge is 2.18. The summed E-state index contributed by atoms with van der Waals surface area (Å²) in [5, 5.41) is 0. The Morgan fingerprint density at radius 3 is 2.40 bits per heavy atom. The van der Waals surface area contributed by atoms with E-state index in [4.69, 9.17) is 0 Å².